The number of rotatable bonds is 4. The van der Waals surface area contributed by atoms with Crippen molar-refractivity contribution in [3.05, 3.63) is 0 Å². The lowest BCUT2D eigenvalue weighted by Crippen LogP contribution is -2.62. The minimum absolute atomic E-state index is 0.0862. The fraction of sp³-hybridized carbons (Fsp3) is 0.857. The van der Waals surface area contributed by atoms with Crippen LogP contribution in [-0.4, -0.2) is 65.2 Å². The summed E-state index contributed by atoms with van der Waals surface area (Å²) in [6.07, 6.45) is 0.714. The summed E-state index contributed by atoms with van der Waals surface area (Å²) in [6, 6.07) is -1.10. The lowest BCUT2D eigenvalue weighted by Gasteiger charge is -2.45. The maximum atomic E-state index is 12.3. The predicted molar refractivity (Wildman–Crippen MR) is 77.7 cm³/mol. The van der Waals surface area contributed by atoms with Crippen LogP contribution >= 0.6 is 0 Å². The molecule has 1 heterocycles. The zero-order valence-corrected chi connectivity index (χ0v) is 13.1. The van der Waals surface area contributed by atoms with Gasteiger partial charge >= 0.3 is 12.0 Å². The number of piperazine rings is 1. The number of urea groups is 1. The van der Waals surface area contributed by atoms with Crippen molar-refractivity contribution in [3.63, 3.8) is 0 Å². The topological polar surface area (TPSA) is 72.9 Å². The highest BCUT2D eigenvalue weighted by atomic mass is 16.4. The van der Waals surface area contributed by atoms with Crippen molar-refractivity contribution < 1.29 is 14.7 Å². The third-order valence-corrected chi connectivity index (χ3v) is 4.36. The minimum Gasteiger partial charge on any atom is -0.480 e. The lowest BCUT2D eigenvalue weighted by atomic mass is 9.98. The molecule has 2 unspecified atom stereocenters. The molecule has 2 N–H and O–H groups in total. The standard InChI is InChI=1S/C14H27N3O3/c1-6-10(2)11(12(18)19)15-13(20)17-8-7-16(5)14(3,4)9-17/h10-11H,6-9H2,1-5H3,(H,15,20)(H,18,19). The van der Waals surface area contributed by atoms with Gasteiger partial charge < -0.3 is 15.3 Å². The molecule has 2 amide bonds. The Bertz CT molecular complexity index is 371. The first-order chi connectivity index (χ1) is 9.19. The maximum Gasteiger partial charge on any atom is 0.326 e. The Morgan fingerprint density at radius 2 is 1.95 bits per heavy atom. The summed E-state index contributed by atoms with van der Waals surface area (Å²) in [6.45, 7) is 9.94. The molecule has 0 aromatic carbocycles. The van der Waals surface area contributed by atoms with Gasteiger partial charge in [0.2, 0.25) is 0 Å². The van der Waals surface area contributed by atoms with E-state index in [-0.39, 0.29) is 17.5 Å². The molecule has 20 heavy (non-hydrogen) atoms. The van der Waals surface area contributed by atoms with E-state index in [2.05, 4.69) is 24.1 Å². The molecule has 1 saturated heterocycles. The van der Waals surface area contributed by atoms with Crippen molar-refractivity contribution in [2.75, 3.05) is 26.7 Å². The molecule has 0 aliphatic carbocycles. The Balaban J connectivity index is 2.68. The monoisotopic (exact) mass is 285 g/mol. The number of hydrogen-bond donors (Lipinski definition) is 2. The van der Waals surface area contributed by atoms with E-state index in [9.17, 15) is 14.7 Å². The summed E-state index contributed by atoms with van der Waals surface area (Å²) < 4.78 is 0. The number of carbonyl (C=O) groups excluding carboxylic acids is 1. The summed E-state index contributed by atoms with van der Waals surface area (Å²) in [4.78, 5) is 27.4. The fourth-order valence-corrected chi connectivity index (χ4v) is 2.32. The van der Waals surface area contributed by atoms with Crippen LogP contribution in [0.15, 0.2) is 0 Å². The number of carboxylic acid groups (broad SMARTS) is 1. The first-order valence-corrected chi connectivity index (χ1v) is 7.18. The Hall–Kier alpha value is -1.30. The minimum atomic E-state index is -0.971. The molecule has 1 aliphatic heterocycles. The van der Waals surface area contributed by atoms with Crippen molar-refractivity contribution >= 4 is 12.0 Å². The first-order valence-electron chi connectivity index (χ1n) is 7.18. The van der Waals surface area contributed by atoms with E-state index in [4.69, 9.17) is 0 Å². The molecule has 0 radical (unpaired) electrons. The Labute approximate surface area is 121 Å². The molecule has 0 aromatic rings. The number of amides is 2. The normalized spacial score (nSPS) is 22.1. The maximum absolute atomic E-state index is 12.3. The number of nitrogens with one attached hydrogen (secondary N) is 1. The van der Waals surface area contributed by atoms with Gasteiger partial charge in [-0.3, -0.25) is 4.90 Å². The first kappa shape index (κ1) is 16.8. The number of aliphatic carboxylic acids is 1. The quantitative estimate of drug-likeness (QED) is 0.814. The number of nitrogens with zero attached hydrogens (tertiary/aromatic N) is 2. The summed E-state index contributed by atoms with van der Waals surface area (Å²) in [5, 5.41) is 11.9. The molecule has 1 fully saturated rings. The molecular weight excluding hydrogens is 258 g/mol. The molecule has 116 valence electrons. The van der Waals surface area contributed by atoms with Gasteiger partial charge in [-0.05, 0) is 26.8 Å². The highest BCUT2D eigenvalue weighted by molar-refractivity contribution is 5.82. The van der Waals surface area contributed by atoms with Crippen molar-refractivity contribution in [2.24, 2.45) is 5.92 Å². The summed E-state index contributed by atoms with van der Waals surface area (Å²) >= 11 is 0. The van der Waals surface area contributed by atoms with Crippen LogP contribution in [0.5, 0.6) is 0 Å². The van der Waals surface area contributed by atoms with Gasteiger partial charge in [0, 0.05) is 25.2 Å². The lowest BCUT2D eigenvalue weighted by molar-refractivity contribution is -0.140. The molecule has 1 aliphatic rings. The van der Waals surface area contributed by atoms with Gasteiger partial charge in [-0.15, -0.1) is 0 Å². The molecule has 0 saturated carbocycles. The molecule has 0 spiro atoms. The van der Waals surface area contributed by atoms with E-state index in [1.165, 1.54) is 0 Å². The smallest absolute Gasteiger partial charge is 0.326 e. The zero-order valence-electron chi connectivity index (χ0n) is 13.1. The van der Waals surface area contributed by atoms with Crippen LogP contribution in [0.25, 0.3) is 0 Å². The second kappa shape index (κ2) is 6.43. The van der Waals surface area contributed by atoms with Crippen LogP contribution in [0.3, 0.4) is 0 Å². The van der Waals surface area contributed by atoms with Gasteiger partial charge in [-0.2, -0.15) is 0 Å². The van der Waals surface area contributed by atoms with Crippen molar-refractivity contribution in [1.82, 2.24) is 15.1 Å². The molecule has 6 heteroatoms. The third kappa shape index (κ3) is 3.85. The number of carboxylic acids is 1. The molecule has 1 rings (SSSR count). The van der Waals surface area contributed by atoms with Crippen LogP contribution in [0.1, 0.15) is 34.1 Å². The number of likely N-dealkylation sites (N-methyl/N-ethyl adjacent to an activating group) is 1. The van der Waals surface area contributed by atoms with E-state index < -0.39 is 12.0 Å². The highest BCUT2D eigenvalue weighted by Gasteiger charge is 2.35. The van der Waals surface area contributed by atoms with Crippen molar-refractivity contribution in [1.29, 1.82) is 0 Å². The number of hydrogen-bond acceptors (Lipinski definition) is 3. The Morgan fingerprint density at radius 1 is 1.35 bits per heavy atom. The third-order valence-electron chi connectivity index (χ3n) is 4.36. The van der Waals surface area contributed by atoms with E-state index >= 15 is 0 Å². The second-order valence-electron chi connectivity index (χ2n) is 6.31. The van der Waals surface area contributed by atoms with Crippen molar-refractivity contribution in [2.45, 2.75) is 45.7 Å². The predicted octanol–water partition coefficient (Wildman–Crippen LogP) is 1.22. The van der Waals surface area contributed by atoms with Gasteiger partial charge in [-0.1, -0.05) is 20.3 Å². The summed E-state index contributed by atoms with van der Waals surface area (Å²) in [5.74, 6) is -1.06. The Morgan fingerprint density at radius 3 is 2.40 bits per heavy atom. The fourth-order valence-electron chi connectivity index (χ4n) is 2.32. The van der Waals surface area contributed by atoms with Crippen molar-refractivity contribution in [3.8, 4) is 0 Å². The molecule has 6 nitrogen and oxygen atoms in total. The average Bonchev–Trinajstić information content (AvgIpc) is 2.37. The molecule has 0 bridgehead atoms. The van der Waals surface area contributed by atoms with Gasteiger partial charge in [0.1, 0.15) is 6.04 Å². The van der Waals surface area contributed by atoms with Gasteiger partial charge in [0.05, 0.1) is 0 Å². The van der Waals surface area contributed by atoms with Crippen LogP contribution in [0.2, 0.25) is 0 Å². The van der Waals surface area contributed by atoms with Crippen LogP contribution in [0, 0.1) is 5.92 Å². The largest absolute Gasteiger partial charge is 0.480 e. The SMILES string of the molecule is CCC(C)C(NC(=O)N1CCN(C)C(C)(C)C1)C(=O)O. The molecule has 2 atom stereocenters. The van der Waals surface area contributed by atoms with Gasteiger partial charge in [0.15, 0.2) is 0 Å². The van der Waals surface area contributed by atoms with Crippen LogP contribution in [0.4, 0.5) is 4.79 Å². The van der Waals surface area contributed by atoms with Crippen LogP contribution < -0.4 is 5.32 Å². The zero-order chi connectivity index (χ0) is 15.5. The molecular formula is C14H27N3O3. The second-order valence-corrected chi connectivity index (χ2v) is 6.31. The van der Waals surface area contributed by atoms with E-state index in [1.54, 1.807) is 4.90 Å². The highest BCUT2D eigenvalue weighted by Crippen LogP contribution is 2.19. The average molecular weight is 285 g/mol. The number of carbonyl (C=O) groups is 2. The van der Waals surface area contributed by atoms with E-state index in [1.807, 2.05) is 20.9 Å². The molecule has 0 aromatic heterocycles. The van der Waals surface area contributed by atoms with Crippen LogP contribution in [-0.2, 0) is 4.79 Å². The van der Waals surface area contributed by atoms with E-state index in [0.717, 1.165) is 6.54 Å². The van der Waals surface area contributed by atoms with Gasteiger partial charge in [0.25, 0.3) is 0 Å². The van der Waals surface area contributed by atoms with E-state index in [0.29, 0.717) is 19.5 Å². The van der Waals surface area contributed by atoms with Gasteiger partial charge in [-0.25, -0.2) is 9.59 Å². The summed E-state index contributed by atoms with van der Waals surface area (Å²) in [7, 11) is 2.04. The summed E-state index contributed by atoms with van der Waals surface area (Å²) in [5.41, 5.74) is -0.0926. The Kier molecular flexibility index (Phi) is 5.39.